The van der Waals surface area contributed by atoms with E-state index in [-0.39, 0.29) is 10.5 Å². The maximum atomic E-state index is 13.8. The lowest BCUT2D eigenvalue weighted by atomic mass is 9.93. The van der Waals surface area contributed by atoms with Gasteiger partial charge in [-0.15, -0.1) is 0 Å². The van der Waals surface area contributed by atoms with Crippen LogP contribution in [0.4, 0.5) is 0 Å². The molecule has 0 aliphatic heterocycles. The molecule has 0 heterocycles. The lowest BCUT2D eigenvalue weighted by Crippen LogP contribution is -2.34. The third-order valence-electron chi connectivity index (χ3n) is 6.24. The molecule has 1 atom stereocenters. The SMILES string of the molecule is Cc1ccc(S(=O)(=O)NC(=O)c2c3ccc(c2S(=O)C(C)(C)C)CCc2ccc(cc2)CC3)cc1. The van der Waals surface area contributed by atoms with Gasteiger partial charge in [0.2, 0.25) is 0 Å². The van der Waals surface area contributed by atoms with Gasteiger partial charge in [-0.2, -0.15) is 0 Å². The molecule has 7 rings (SSSR count). The summed E-state index contributed by atoms with van der Waals surface area (Å²) in [5, 5.41) is 0. The quantitative estimate of drug-likeness (QED) is 0.542. The van der Waals surface area contributed by atoms with Crippen LogP contribution in [0.3, 0.4) is 0 Å². The lowest BCUT2D eigenvalue weighted by Gasteiger charge is -2.25. The summed E-state index contributed by atoms with van der Waals surface area (Å²) < 4.78 is 41.6. The predicted octanol–water partition coefficient (Wildman–Crippen LogP) is 4.90. The Morgan fingerprint density at radius 1 is 0.800 bits per heavy atom. The molecular formula is C28H31NO4S2. The fraction of sp³-hybridized carbons (Fsp3) is 0.321. The molecule has 3 aromatic carbocycles. The molecule has 0 saturated carbocycles. The minimum absolute atomic E-state index is 0.0154. The van der Waals surface area contributed by atoms with Crippen molar-refractivity contribution in [3.63, 3.8) is 0 Å². The average Bonchev–Trinajstić information content (AvgIpc) is 2.79. The van der Waals surface area contributed by atoms with Crippen molar-refractivity contribution < 1.29 is 17.4 Å². The van der Waals surface area contributed by atoms with E-state index < -0.39 is 31.5 Å². The zero-order valence-corrected chi connectivity index (χ0v) is 22.2. The van der Waals surface area contributed by atoms with Crippen LogP contribution < -0.4 is 4.72 Å². The summed E-state index contributed by atoms with van der Waals surface area (Å²) in [5.41, 5.74) is 4.95. The second-order valence-corrected chi connectivity index (χ2v) is 13.9. The van der Waals surface area contributed by atoms with Gasteiger partial charge in [0.15, 0.2) is 0 Å². The summed E-state index contributed by atoms with van der Waals surface area (Å²) in [6, 6.07) is 18.6. The minimum Gasteiger partial charge on any atom is -0.268 e. The van der Waals surface area contributed by atoms with Crippen molar-refractivity contribution >= 4 is 26.7 Å². The molecular weight excluding hydrogens is 478 g/mol. The summed E-state index contributed by atoms with van der Waals surface area (Å²) in [6.45, 7) is 7.46. The van der Waals surface area contributed by atoms with Gasteiger partial charge in [0, 0.05) is 4.75 Å². The third kappa shape index (κ3) is 5.57. The first-order valence-corrected chi connectivity index (χ1v) is 14.4. The van der Waals surface area contributed by atoms with Crippen LogP contribution in [-0.2, 0) is 46.5 Å². The van der Waals surface area contributed by atoms with Crippen LogP contribution in [0.15, 0.2) is 70.5 Å². The van der Waals surface area contributed by atoms with Gasteiger partial charge >= 0.3 is 0 Å². The Bertz CT molecular complexity index is 1380. The number of hydrogen-bond donors (Lipinski definition) is 1. The number of benzene rings is 3. The Kier molecular flexibility index (Phi) is 7.02. The van der Waals surface area contributed by atoms with E-state index in [1.807, 2.05) is 39.8 Å². The zero-order valence-electron chi connectivity index (χ0n) is 20.6. The van der Waals surface area contributed by atoms with Crippen molar-refractivity contribution in [2.75, 3.05) is 0 Å². The van der Waals surface area contributed by atoms with Gasteiger partial charge in [0.25, 0.3) is 15.9 Å². The van der Waals surface area contributed by atoms with Crippen molar-refractivity contribution in [2.24, 2.45) is 0 Å². The van der Waals surface area contributed by atoms with Gasteiger partial charge in [-0.25, -0.2) is 13.1 Å². The van der Waals surface area contributed by atoms with Gasteiger partial charge in [-0.3, -0.25) is 9.00 Å². The van der Waals surface area contributed by atoms with Crippen LogP contribution in [0.25, 0.3) is 0 Å². The molecule has 1 N–H and O–H groups in total. The highest BCUT2D eigenvalue weighted by molar-refractivity contribution is 7.90. The molecule has 184 valence electrons. The van der Waals surface area contributed by atoms with Crippen molar-refractivity contribution in [3.8, 4) is 0 Å². The molecule has 7 heteroatoms. The number of amides is 1. The van der Waals surface area contributed by atoms with E-state index in [0.717, 1.165) is 23.1 Å². The van der Waals surface area contributed by atoms with Crippen LogP contribution in [0.5, 0.6) is 0 Å². The summed E-state index contributed by atoms with van der Waals surface area (Å²) in [5.74, 6) is -0.735. The van der Waals surface area contributed by atoms with Crippen LogP contribution in [0, 0.1) is 6.92 Å². The molecule has 1 unspecified atom stereocenters. The molecule has 5 nitrogen and oxygen atoms in total. The molecule has 1 amide bonds. The molecule has 0 spiro atoms. The molecule has 4 aliphatic carbocycles. The van der Waals surface area contributed by atoms with Crippen molar-refractivity contribution in [1.82, 2.24) is 4.72 Å². The summed E-state index contributed by atoms with van der Waals surface area (Å²) in [4.78, 5) is 14.1. The Morgan fingerprint density at radius 3 is 1.86 bits per heavy atom. The summed E-state index contributed by atoms with van der Waals surface area (Å²) in [7, 11) is -5.63. The molecule has 4 bridgehead atoms. The van der Waals surface area contributed by atoms with Crippen LogP contribution in [0.2, 0.25) is 0 Å². The third-order valence-corrected chi connectivity index (χ3v) is 9.54. The topological polar surface area (TPSA) is 80.3 Å². The number of carbonyl (C=O) groups excluding carboxylic acids is 1. The summed E-state index contributed by atoms with van der Waals surface area (Å²) >= 11 is 0. The Balaban J connectivity index is 1.84. The second-order valence-electron chi connectivity index (χ2n) is 10.0. The number of carbonyl (C=O) groups is 1. The smallest absolute Gasteiger partial charge is 0.266 e. The zero-order chi connectivity index (χ0) is 25.4. The molecule has 0 saturated heterocycles. The molecule has 0 fully saturated rings. The van der Waals surface area contributed by atoms with Crippen LogP contribution >= 0.6 is 0 Å². The molecule has 3 aromatic rings. The van der Waals surface area contributed by atoms with E-state index in [9.17, 15) is 17.4 Å². The number of nitrogens with one attached hydrogen (secondary N) is 1. The molecule has 0 radical (unpaired) electrons. The number of rotatable bonds is 4. The lowest BCUT2D eigenvalue weighted by molar-refractivity contribution is 0.0977. The van der Waals surface area contributed by atoms with E-state index in [2.05, 4.69) is 29.0 Å². The van der Waals surface area contributed by atoms with Gasteiger partial charge in [-0.05, 0) is 87.8 Å². The first-order chi connectivity index (χ1) is 16.5. The number of hydrogen-bond acceptors (Lipinski definition) is 4. The van der Waals surface area contributed by atoms with E-state index in [1.54, 1.807) is 12.1 Å². The maximum Gasteiger partial charge on any atom is 0.266 e. The molecule has 35 heavy (non-hydrogen) atoms. The fourth-order valence-electron chi connectivity index (χ4n) is 4.22. The number of aryl methyl sites for hydroxylation is 5. The molecule has 4 aliphatic rings. The van der Waals surface area contributed by atoms with Gasteiger partial charge in [0.1, 0.15) is 0 Å². The van der Waals surface area contributed by atoms with Crippen LogP contribution in [-0.4, -0.2) is 23.3 Å². The van der Waals surface area contributed by atoms with Gasteiger partial charge < -0.3 is 0 Å². The highest BCUT2D eigenvalue weighted by Gasteiger charge is 2.32. The highest BCUT2D eigenvalue weighted by atomic mass is 32.2. The predicted molar refractivity (Wildman–Crippen MR) is 140 cm³/mol. The molecule has 0 aromatic heterocycles. The largest absolute Gasteiger partial charge is 0.268 e. The Labute approximate surface area is 210 Å². The standard InChI is InChI=1S/C28H31NO4S2/c1-19-5-17-24(18-6-19)35(32,33)29-27(30)25-22-13-11-20-7-9-21(10-8-20)12-14-23(16-15-22)26(25)34(31)28(2,3)4/h5-10,15-18H,11-14H2,1-4H3,(H,29,30). The monoisotopic (exact) mass is 509 g/mol. The second kappa shape index (κ2) is 9.70. The van der Waals surface area contributed by atoms with Gasteiger partial charge in [0.05, 0.1) is 26.2 Å². The first-order valence-electron chi connectivity index (χ1n) is 11.7. The van der Waals surface area contributed by atoms with E-state index in [1.165, 1.54) is 17.7 Å². The fourth-order valence-corrected chi connectivity index (χ4v) is 6.61. The Hall–Kier alpha value is -2.77. The number of sulfonamides is 1. The minimum atomic E-state index is -4.10. The van der Waals surface area contributed by atoms with Crippen molar-refractivity contribution in [3.05, 3.63) is 94.0 Å². The van der Waals surface area contributed by atoms with Gasteiger partial charge in [-0.1, -0.05) is 54.1 Å². The van der Waals surface area contributed by atoms with E-state index in [0.29, 0.717) is 29.7 Å². The van der Waals surface area contributed by atoms with Crippen molar-refractivity contribution in [2.45, 2.75) is 67.9 Å². The summed E-state index contributed by atoms with van der Waals surface area (Å²) in [6.07, 6.45) is 2.55. The van der Waals surface area contributed by atoms with E-state index in [4.69, 9.17) is 0 Å². The van der Waals surface area contributed by atoms with Crippen LogP contribution in [0.1, 0.15) is 58.9 Å². The average molecular weight is 510 g/mol. The normalized spacial score (nSPS) is 14.7. The highest BCUT2D eigenvalue weighted by Crippen LogP contribution is 2.32. The maximum absolute atomic E-state index is 13.8. The van der Waals surface area contributed by atoms with E-state index >= 15 is 0 Å². The Morgan fingerprint density at radius 2 is 1.31 bits per heavy atom. The first kappa shape index (κ1) is 25.3. The van der Waals surface area contributed by atoms with Crippen molar-refractivity contribution in [1.29, 1.82) is 0 Å².